The highest BCUT2D eigenvalue weighted by atomic mass is 32.2. The largest absolute Gasteiger partial charge is 0.398 e. The van der Waals surface area contributed by atoms with E-state index in [2.05, 4.69) is 0 Å². The predicted molar refractivity (Wildman–Crippen MR) is 57.0 cm³/mol. The highest BCUT2D eigenvalue weighted by molar-refractivity contribution is 7.99. The molecule has 0 fully saturated rings. The second-order valence-corrected chi connectivity index (χ2v) is 4.32. The monoisotopic (exact) mass is 235 g/mol. The van der Waals surface area contributed by atoms with Crippen LogP contribution >= 0.6 is 11.8 Å². The summed E-state index contributed by atoms with van der Waals surface area (Å²) in [5.41, 5.74) is 7.11. The number of thioether (sulfide) groups is 1. The Bertz CT molecular complexity index is 336. The van der Waals surface area contributed by atoms with E-state index >= 15 is 0 Å². The SMILES string of the molecule is Cc1c(N)cccc1SCCC(F)(F)F. The lowest BCUT2D eigenvalue weighted by Gasteiger charge is -2.09. The molecule has 2 N–H and O–H groups in total. The first-order valence-corrected chi connectivity index (χ1v) is 5.43. The molecule has 0 atom stereocenters. The van der Waals surface area contributed by atoms with Crippen LogP contribution in [0.5, 0.6) is 0 Å². The zero-order valence-electron chi connectivity index (χ0n) is 8.27. The van der Waals surface area contributed by atoms with E-state index in [9.17, 15) is 13.2 Å². The molecular formula is C10H12F3NS. The van der Waals surface area contributed by atoms with Crippen LogP contribution in [-0.2, 0) is 0 Å². The van der Waals surface area contributed by atoms with Crippen LogP contribution in [0.1, 0.15) is 12.0 Å². The lowest BCUT2D eigenvalue weighted by molar-refractivity contribution is -0.129. The fourth-order valence-corrected chi connectivity index (χ4v) is 2.13. The number of hydrogen-bond donors (Lipinski definition) is 1. The first kappa shape index (κ1) is 12.2. The van der Waals surface area contributed by atoms with Crippen molar-refractivity contribution in [2.45, 2.75) is 24.4 Å². The summed E-state index contributed by atoms with van der Waals surface area (Å²) in [6.45, 7) is 1.81. The maximum absolute atomic E-state index is 11.9. The molecule has 1 nitrogen and oxygen atoms in total. The van der Waals surface area contributed by atoms with E-state index in [1.807, 2.05) is 6.92 Å². The lowest BCUT2D eigenvalue weighted by Crippen LogP contribution is -2.08. The molecule has 0 aliphatic rings. The molecular weight excluding hydrogens is 223 g/mol. The van der Waals surface area contributed by atoms with Crippen molar-refractivity contribution in [2.24, 2.45) is 0 Å². The molecule has 1 aromatic carbocycles. The molecule has 0 amide bonds. The molecule has 1 rings (SSSR count). The van der Waals surface area contributed by atoms with Crippen LogP contribution in [0.3, 0.4) is 0 Å². The molecule has 84 valence electrons. The van der Waals surface area contributed by atoms with Crippen molar-refractivity contribution >= 4 is 17.4 Å². The van der Waals surface area contributed by atoms with Crippen molar-refractivity contribution < 1.29 is 13.2 Å². The van der Waals surface area contributed by atoms with Gasteiger partial charge in [-0.3, -0.25) is 0 Å². The van der Waals surface area contributed by atoms with Gasteiger partial charge >= 0.3 is 6.18 Å². The van der Waals surface area contributed by atoms with E-state index in [0.717, 1.165) is 10.5 Å². The minimum Gasteiger partial charge on any atom is -0.398 e. The van der Waals surface area contributed by atoms with Gasteiger partial charge in [0, 0.05) is 16.3 Å². The molecule has 0 spiro atoms. The maximum atomic E-state index is 11.9. The number of benzene rings is 1. The Hall–Kier alpha value is -0.840. The molecule has 5 heteroatoms. The van der Waals surface area contributed by atoms with Crippen molar-refractivity contribution in [3.63, 3.8) is 0 Å². The van der Waals surface area contributed by atoms with Crippen LogP contribution < -0.4 is 5.73 Å². The molecule has 1 aromatic rings. The van der Waals surface area contributed by atoms with E-state index < -0.39 is 12.6 Å². The van der Waals surface area contributed by atoms with Gasteiger partial charge in [-0.05, 0) is 24.6 Å². The molecule has 0 aromatic heterocycles. The minimum absolute atomic E-state index is 0.0355. The Labute approximate surface area is 90.9 Å². The number of hydrogen-bond acceptors (Lipinski definition) is 2. The lowest BCUT2D eigenvalue weighted by atomic mass is 10.2. The van der Waals surface area contributed by atoms with Gasteiger partial charge in [0.15, 0.2) is 0 Å². The van der Waals surface area contributed by atoms with Crippen molar-refractivity contribution in [2.75, 3.05) is 11.5 Å². The summed E-state index contributed by atoms with van der Waals surface area (Å²) < 4.78 is 35.7. The molecule has 15 heavy (non-hydrogen) atoms. The zero-order valence-corrected chi connectivity index (χ0v) is 9.08. The normalized spacial score (nSPS) is 11.7. The number of alkyl halides is 3. The first-order valence-electron chi connectivity index (χ1n) is 4.45. The van der Waals surface area contributed by atoms with Gasteiger partial charge in [0.1, 0.15) is 0 Å². The van der Waals surface area contributed by atoms with E-state index in [0.29, 0.717) is 5.69 Å². The average molecular weight is 235 g/mol. The smallest absolute Gasteiger partial charge is 0.389 e. The van der Waals surface area contributed by atoms with Crippen molar-refractivity contribution in [3.8, 4) is 0 Å². The molecule has 0 radical (unpaired) electrons. The van der Waals surface area contributed by atoms with Gasteiger partial charge in [0.05, 0.1) is 6.42 Å². The second-order valence-electron chi connectivity index (χ2n) is 3.18. The molecule has 0 unspecified atom stereocenters. The van der Waals surface area contributed by atoms with Crippen LogP contribution in [0.4, 0.5) is 18.9 Å². The van der Waals surface area contributed by atoms with Gasteiger partial charge in [-0.15, -0.1) is 11.8 Å². The average Bonchev–Trinajstić information content (AvgIpc) is 2.10. The Morgan fingerprint density at radius 2 is 2.00 bits per heavy atom. The summed E-state index contributed by atoms with van der Waals surface area (Å²) in [5, 5.41) is 0. The first-order chi connectivity index (χ1) is 6.90. The second kappa shape index (κ2) is 4.79. The third-order valence-corrected chi connectivity index (χ3v) is 3.13. The molecule has 0 bridgehead atoms. The van der Waals surface area contributed by atoms with Gasteiger partial charge in [-0.2, -0.15) is 13.2 Å². The maximum Gasteiger partial charge on any atom is 0.389 e. The summed E-state index contributed by atoms with van der Waals surface area (Å²) in [6.07, 6.45) is -4.85. The Kier molecular flexibility index (Phi) is 3.90. The number of halogens is 3. The summed E-state index contributed by atoms with van der Waals surface area (Å²) in [7, 11) is 0. The molecule has 0 saturated carbocycles. The van der Waals surface area contributed by atoms with Crippen molar-refractivity contribution in [1.29, 1.82) is 0 Å². The van der Waals surface area contributed by atoms with Gasteiger partial charge in [-0.25, -0.2) is 0 Å². The zero-order chi connectivity index (χ0) is 11.5. The number of nitrogens with two attached hydrogens (primary N) is 1. The summed E-state index contributed by atoms with van der Waals surface area (Å²) >= 11 is 1.19. The van der Waals surface area contributed by atoms with Crippen LogP contribution in [0.15, 0.2) is 23.1 Å². The Balaban J connectivity index is 2.55. The fraction of sp³-hybridized carbons (Fsp3) is 0.400. The molecule has 0 saturated heterocycles. The number of nitrogen functional groups attached to an aromatic ring is 1. The topological polar surface area (TPSA) is 26.0 Å². The quantitative estimate of drug-likeness (QED) is 0.639. The van der Waals surface area contributed by atoms with Crippen molar-refractivity contribution in [3.05, 3.63) is 23.8 Å². The van der Waals surface area contributed by atoms with Gasteiger partial charge < -0.3 is 5.73 Å². The van der Waals surface area contributed by atoms with E-state index in [1.165, 1.54) is 11.8 Å². The van der Waals surface area contributed by atoms with E-state index in [1.54, 1.807) is 18.2 Å². The van der Waals surface area contributed by atoms with E-state index in [-0.39, 0.29) is 5.75 Å². The van der Waals surface area contributed by atoms with Gasteiger partial charge in [0.2, 0.25) is 0 Å². The van der Waals surface area contributed by atoms with Crippen LogP contribution in [0.25, 0.3) is 0 Å². The summed E-state index contributed by atoms with van der Waals surface area (Å²) in [5.74, 6) is 0.0355. The highest BCUT2D eigenvalue weighted by Crippen LogP contribution is 2.29. The minimum atomic E-state index is -4.08. The van der Waals surface area contributed by atoms with Crippen LogP contribution in [0, 0.1) is 6.92 Å². The third-order valence-electron chi connectivity index (χ3n) is 1.97. The standard InChI is InChI=1S/C10H12F3NS/c1-7-8(14)3-2-4-9(7)15-6-5-10(11,12)13/h2-4H,5-6,14H2,1H3. The molecule has 0 aliphatic carbocycles. The summed E-state index contributed by atoms with van der Waals surface area (Å²) in [6, 6.07) is 5.27. The van der Waals surface area contributed by atoms with Gasteiger partial charge in [-0.1, -0.05) is 6.07 Å². The molecule has 0 heterocycles. The van der Waals surface area contributed by atoms with Crippen molar-refractivity contribution in [1.82, 2.24) is 0 Å². The number of rotatable bonds is 3. The summed E-state index contributed by atoms with van der Waals surface area (Å²) in [4.78, 5) is 0.819. The Morgan fingerprint density at radius 1 is 1.33 bits per heavy atom. The fourth-order valence-electron chi connectivity index (χ4n) is 1.06. The number of anilines is 1. The third kappa shape index (κ3) is 4.03. The van der Waals surface area contributed by atoms with Gasteiger partial charge in [0.25, 0.3) is 0 Å². The highest BCUT2D eigenvalue weighted by Gasteiger charge is 2.26. The molecule has 0 aliphatic heterocycles. The Morgan fingerprint density at radius 3 is 2.60 bits per heavy atom. The van der Waals surface area contributed by atoms with Crippen LogP contribution in [0.2, 0.25) is 0 Å². The predicted octanol–water partition coefficient (Wildman–Crippen LogP) is 3.62. The van der Waals surface area contributed by atoms with E-state index in [4.69, 9.17) is 5.73 Å². The van der Waals surface area contributed by atoms with Crippen LogP contribution in [-0.4, -0.2) is 11.9 Å².